The SMILES string of the molecule is CNC(CC(=O)OC)CC(C)(C)OC. The van der Waals surface area contributed by atoms with Crippen LogP contribution in [0.4, 0.5) is 0 Å². The Labute approximate surface area is 86.0 Å². The van der Waals surface area contributed by atoms with Gasteiger partial charge < -0.3 is 14.8 Å². The van der Waals surface area contributed by atoms with E-state index in [0.717, 1.165) is 6.42 Å². The zero-order chi connectivity index (χ0) is 11.2. The molecule has 1 N–H and O–H groups in total. The van der Waals surface area contributed by atoms with Crippen LogP contribution in [0, 0.1) is 0 Å². The Morgan fingerprint density at radius 1 is 1.43 bits per heavy atom. The molecule has 4 nitrogen and oxygen atoms in total. The summed E-state index contributed by atoms with van der Waals surface area (Å²) < 4.78 is 9.90. The van der Waals surface area contributed by atoms with Gasteiger partial charge in [0.25, 0.3) is 0 Å². The van der Waals surface area contributed by atoms with Crippen LogP contribution in [0.25, 0.3) is 0 Å². The number of nitrogens with one attached hydrogen (secondary N) is 1. The van der Waals surface area contributed by atoms with E-state index < -0.39 is 0 Å². The predicted octanol–water partition coefficient (Wildman–Crippen LogP) is 0.953. The van der Waals surface area contributed by atoms with Crippen LogP contribution in [0.15, 0.2) is 0 Å². The number of hydrogen-bond acceptors (Lipinski definition) is 4. The minimum absolute atomic E-state index is 0.0948. The molecule has 0 spiro atoms. The lowest BCUT2D eigenvalue weighted by molar-refractivity contribution is -0.141. The lowest BCUT2D eigenvalue weighted by Gasteiger charge is -2.27. The molecule has 1 atom stereocenters. The molecule has 0 radical (unpaired) electrons. The molecule has 0 saturated heterocycles. The fourth-order valence-electron chi connectivity index (χ4n) is 1.24. The van der Waals surface area contributed by atoms with E-state index in [-0.39, 0.29) is 17.6 Å². The molecule has 0 aromatic heterocycles. The van der Waals surface area contributed by atoms with Gasteiger partial charge in [-0.1, -0.05) is 0 Å². The van der Waals surface area contributed by atoms with Gasteiger partial charge in [0, 0.05) is 13.2 Å². The van der Waals surface area contributed by atoms with Gasteiger partial charge in [0.2, 0.25) is 0 Å². The topological polar surface area (TPSA) is 47.6 Å². The van der Waals surface area contributed by atoms with Gasteiger partial charge in [0.1, 0.15) is 0 Å². The Bertz CT molecular complexity index is 180. The first-order chi connectivity index (χ1) is 6.45. The van der Waals surface area contributed by atoms with Crippen LogP contribution in [-0.4, -0.2) is 38.9 Å². The van der Waals surface area contributed by atoms with E-state index in [1.807, 2.05) is 20.9 Å². The highest BCUT2D eigenvalue weighted by atomic mass is 16.5. The van der Waals surface area contributed by atoms with Gasteiger partial charge in [0.15, 0.2) is 0 Å². The molecule has 0 amide bonds. The van der Waals surface area contributed by atoms with Crippen molar-refractivity contribution in [2.24, 2.45) is 0 Å². The first-order valence-electron chi connectivity index (χ1n) is 4.74. The summed E-state index contributed by atoms with van der Waals surface area (Å²) >= 11 is 0. The number of carbonyl (C=O) groups excluding carboxylic acids is 1. The minimum Gasteiger partial charge on any atom is -0.469 e. The zero-order valence-corrected chi connectivity index (χ0v) is 9.72. The fourth-order valence-corrected chi connectivity index (χ4v) is 1.24. The summed E-state index contributed by atoms with van der Waals surface area (Å²) in [4.78, 5) is 11.1. The molecule has 0 aromatic carbocycles. The van der Waals surface area contributed by atoms with E-state index >= 15 is 0 Å². The predicted molar refractivity (Wildman–Crippen MR) is 55.2 cm³/mol. The minimum atomic E-state index is -0.221. The maximum absolute atomic E-state index is 11.1. The molecular weight excluding hydrogens is 182 g/mol. The average molecular weight is 203 g/mol. The van der Waals surface area contributed by atoms with Crippen LogP contribution in [0.1, 0.15) is 26.7 Å². The highest BCUT2D eigenvalue weighted by molar-refractivity contribution is 5.69. The van der Waals surface area contributed by atoms with Gasteiger partial charge in [-0.25, -0.2) is 0 Å². The molecule has 0 saturated carbocycles. The summed E-state index contributed by atoms with van der Waals surface area (Å²) in [5.74, 6) is -0.198. The third-order valence-corrected chi connectivity index (χ3v) is 2.34. The third kappa shape index (κ3) is 5.19. The molecular formula is C10H21NO3. The number of ether oxygens (including phenoxy) is 2. The smallest absolute Gasteiger partial charge is 0.307 e. The number of rotatable bonds is 6. The summed E-state index contributed by atoms with van der Waals surface area (Å²) in [6.45, 7) is 3.99. The molecule has 4 heteroatoms. The van der Waals surface area contributed by atoms with Crippen molar-refractivity contribution in [1.29, 1.82) is 0 Å². The number of methoxy groups -OCH3 is 2. The number of hydrogen-bond donors (Lipinski definition) is 1. The Kier molecular flexibility index (Phi) is 5.72. The lowest BCUT2D eigenvalue weighted by Crippen LogP contribution is -2.37. The molecule has 0 rings (SSSR count). The number of carbonyl (C=O) groups is 1. The molecule has 0 aliphatic carbocycles. The normalized spacial score (nSPS) is 13.8. The Hall–Kier alpha value is -0.610. The van der Waals surface area contributed by atoms with Crippen molar-refractivity contribution in [2.75, 3.05) is 21.3 Å². The largest absolute Gasteiger partial charge is 0.469 e. The molecule has 84 valence electrons. The van der Waals surface area contributed by atoms with Gasteiger partial charge in [-0.05, 0) is 27.3 Å². The van der Waals surface area contributed by atoms with E-state index in [4.69, 9.17) is 4.74 Å². The maximum atomic E-state index is 11.1. The van der Waals surface area contributed by atoms with E-state index in [1.165, 1.54) is 7.11 Å². The van der Waals surface area contributed by atoms with Crippen molar-refractivity contribution in [3.05, 3.63) is 0 Å². The number of esters is 1. The maximum Gasteiger partial charge on any atom is 0.307 e. The van der Waals surface area contributed by atoms with Gasteiger partial charge in [-0.2, -0.15) is 0 Å². The zero-order valence-electron chi connectivity index (χ0n) is 9.72. The molecule has 0 aliphatic rings. The van der Waals surface area contributed by atoms with Crippen LogP contribution in [0.3, 0.4) is 0 Å². The quantitative estimate of drug-likeness (QED) is 0.653. The van der Waals surface area contributed by atoms with Crippen molar-refractivity contribution in [3.63, 3.8) is 0 Å². The molecule has 0 fully saturated rings. The second-order valence-corrected chi connectivity index (χ2v) is 3.93. The van der Waals surface area contributed by atoms with Crippen molar-refractivity contribution in [2.45, 2.75) is 38.3 Å². The van der Waals surface area contributed by atoms with Crippen molar-refractivity contribution >= 4 is 5.97 Å². The van der Waals surface area contributed by atoms with Gasteiger partial charge >= 0.3 is 5.97 Å². The van der Waals surface area contributed by atoms with Crippen molar-refractivity contribution < 1.29 is 14.3 Å². The second kappa shape index (κ2) is 5.98. The summed E-state index contributed by atoms with van der Waals surface area (Å²) in [5.41, 5.74) is -0.221. The third-order valence-electron chi connectivity index (χ3n) is 2.34. The van der Waals surface area contributed by atoms with E-state index in [1.54, 1.807) is 7.11 Å². The van der Waals surface area contributed by atoms with Crippen LogP contribution in [-0.2, 0) is 14.3 Å². The van der Waals surface area contributed by atoms with Crippen LogP contribution < -0.4 is 5.32 Å². The summed E-state index contributed by atoms with van der Waals surface area (Å²) in [6, 6.07) is 0.0948. The summed E-state index contributed by atoms with van der Waals surface area (Å²) in [7, 11) is 4.90. The van der Waals surface area contributed by atoms with E-state index in [0.29, 0.717) is 6.42 Å². The van der Waals surface area contributed by atoms with Crippen LogP contribution >= 0.6 is 0 Å². The lowest BCUT2D eigenvalue weighted by atomic mass is 9.97. The van der Waals surface area contributed by atoms with Crippen LogP contribution in [0.5, 0.6) is 0 Å². The Balaban J connectivity index is 4.09. The molecule has 1 unspecified atom stereocenters. The molecule has 0 aromatic rings. The standard InChI is InChI=1S/C10H21NO3/c1-10(2,14-5)7-8(11-3)6-9(12)13-4/h8,11H,6-7H2,1-5H3. The fraction of sp³-hybridized carbons (Fsp3) is 0.900. The van der Waals surface area contributed by atoms with Crippen LogP contribution in [0.2, 0.25) is 0 Å². The molecule has 0 bridgehead atoms. The Morgan fingerprint density at radius 2 is 2.00 bits per heavy atom. The highest BCUT2D eigenvalue weighted by Gasteiger charge is 2.23. The van der Waals surface area contributed by atoms with Crippen molar-refractivity contribution in [3.8, 4) is 0 Å². The highest BCUT2D eigenvalue weighted by Crippen LogP contribution is 2.17. The Morgan fingerprint density at radius 3 is 2.36 bits per heavy atom. The average Bonchev–Trinajstić information content (AvgIpc) is 2.16. The molecule has 0 heterocycles. The van der Waals surface area contributed by atoms with Gasteiger partial charge in [0.05, 0.1) is 19.1 Å². The van der Waals surface area contributed by atoms with E-state index in [2.05, 4.69) is 10.1 Å². The first-order valence-corrected chi connectivity index (χ1v) is 4.74. The van der Waals surface area contributed by atoms with Gasteiger partial charge in [-0.3, -0.25) is 4.79 Å². The molecule has 0 aliphatic heterocycles. The summed E-state index contributed by atoms with van der Waals surface area (Å²) in [6.07, 6.45) is 1.15. The summed E-state index contributed by atoms with van der Waals surface area (Å²) in [5, 5.41) is 3.08. The second-order valence-electron chi connectivity index (χ2n) is 3.93. The molecule has 14 heavy (non-hydrogen) atoms. The van der Waals surface area contributed by atoms with Crippen molar-refractivity contribution in [1.82, 2.24) is 5.32 Å². The monoisotopic (exact) mass is 203 g/mol. The van der Waals surface area contributed by atoms with E-state index in [9.17, 15) is 4.79 Å². The van der Waals surface area contributed by atoms with Gasteiger partial charge in [-0.15, -0.1) is 0 Å². The first kappa shape index (κ1) is 13.4.